The number of hydrogen-bond acceptors (Lipinski definition) is 6. The molecule has 0 bridgehead atoms. The zero-order chi connectivity index (χ0) is 15.9. The van der Waals surface area contributed by atoms with Crippen LogP contribution in [-0.4, -0.2) is 17.5 Å². The van der Waals surface area contributed by atoms with Gasteiger partial charge in [0.2, 0.25) is 11.3 Å². The highest BCUT2D eigenvalue weighted by Crippen LogP contribution is 2.47. The second-order valence-electron chi connectivity index (χ2n) is 4.84. The number of hydrogen-bond donors (Lipinski definition) is 2. The van der Waals surface area contributed by atoms with Crippen LogP contribution < -0.4 is 10.9 Å². The number of ketones is 1. The molecule has 2 aliphatic rings. The van der Waals surface area contributed by atoms with E-state index >= 15 is 0 Å². The highest BCUT2D eigenvalue weighted by molar-refractivity contribution is 6.29. The zero-order valence-electron chi connectivity index (χ0n) is 11.5. The molecular weight excluding hydrogens is 282 g/mol. The summed E-state index contributed by atoms with van der Waals surface area (Å²) in [7, 11) is 0. The smallest absolute Gasteiger partial charge is 0.235 e. The molecule has 0 spiro atoms. The van der Waals surface area contributed by atoms with Gasteiger partial charge >= 0.3 is 0 Å². The number of amides is 1. The van der Waals surface area contributed by atoms with Gasteiger partial charge in [-0.05, 0) is 0 Å². The molecule has 0 fully saturated rings. The van der Waals surface area contributed by atoms with E-state index in [2.05, 4.69) is 15.8 Å². The number of benzene rings is 1. The average molecular weight is 291 g/mol. The van der Waals surface area contributed by atoms with Crippen molar-refractivity contribution in [3.05, 3.63) is 41.0 Å². The van der Waals surface area contributed by atoms with E-state index in [1.165, 1.54) is 6.92 Å². The van der Waals surface area contributed by atoms with Crippen molar-refractivity contribution in [1.82, 2.24) is 10.9 Å². The largest absolute Gasteiger partial charge is 0.289 e. The minimum Gasteiger partial charge on any atom is -0.289 e. The van der Waals surface area contributed by atoms with E-state index in [4.69, 9.17) is 0 Å². The SMILES string of the molecule is CC(=O)NNC1=NC2=C(C(=O)c3ccccc32)C1(C#N)C#N. The fraction of sp³-hybridized carbons (Fsp3) is 0.133. The number of carbonyl (C=O) groups is 2. The summed E-state index contributed by atoms with van der Waals surface area (Å²) < 4.78 is 0. The van der Waals surface area contributed by atoms with E-state index in [0.29, 0.717) is 16.8 Å². The highest BCUT2D eigenvalue weighted by Gasteiger charge is 2.54. The molecule has 0 radical (unpaired) electrons. The molecule has 0 unspecified atom stereocenters. The van der Waals surface area contributed by atoms with E-state index in [1.54, 1.807) is 24.3 Å². The predicted molar refractivity (Wildman–Crippen MR) is 75.7 cm³/mol. The van der Waals surface area contributed by atoms with Crippen LogP contribution in [0.15, 0.2) is 34.8 Å². The molecule has 1 heterocycles. The summed E-state index contributed by atoms with van der Waals surface area (Å²) in [4.78, 5) is 27.8. The van der Waals surface area contributed by atoms with Crippen molar-refractivity contribution in [3.63, 3.8) is 0 Å². The number of fused-ring (bicyclic) bond motifs is 2. The average Bonchev–Trinajstić information content (AvgIpc) is 2.99. The molecule has 2 N–H and O–H groups in total. The number of nitriles is 2. The minimum atomic E-state index is -1.85. The lowest BCUT2D eigenvalue weighted by atomic mass is 9.81. The molecule has 1 aromatic carbocycles. The topological polar surface area (TPSA) is 118 Å². The van der Waals surface area contributed by atoms with Crippen LogP contribution in [0.5, 0.6) is 0 Å². The van der Waals surface area contributed by atoms with Crippen LogP contribution >= 0.6 is 0 Å². The van der Waals surface area contributed by atoms with Gasteiger partial charge in [0.05, 0.1) is 23.4 Å². The molecule has 3 rings (SSSR count). The van der Waals surface area contributed by atoms with Gasteiger partial charge in [-0.1, -0.05) is 24.3 Å². The monoisotopic (exact) mass is 291 g/mol. The summed E-state index contributed by atoms with van der Waals surface area (Å²) >= 11 is 0. The van der Waals surface area contributed by atoms with Gasteiger partial charge in [0.1, 0.15) is 0 Å². The maximum atomic E-state index is 12.5. The molecule has 7 heteroatoms. The van der Waals surface area contributed by atoms with Gasteiger partial charge < -0.3 is 0 Å². The van der Waals surface area contributed by atoms with Crippen molar-refractivity contribution in [3.8, 4) is 12.1 Å². The van der Waals surface area contributed by atoms with Gasteiger partial charge in [-0.3, -0.25) is 20.4 Å². The number of rotatable bonds is 0. The zero-order valence-corrected chi connectivity index (χ0v) is 11.5. The highest BCUT2D eigenvalue weighted by atomic mass is 16.2. The maximum Gasteiger partial charge on any atom is 0.235 e. The molecule has 1 amide bonds. The van der Waals surface area contributed by atoms with Crippen LogP contribution in [0.3, 0.4) is 0 Å². The number of amidine groups is 1. The van der Waals surface area contributed by atoms with Crippen LogP contribution in [-0.2, 0) is 4.79 Å². The second-order valence-corrected chi connectivity index (χ2v) is 4.84. The number of hydrazine groups is 1. The van der Waals surface area contributed by atoms with E-state index in [-0.39, 0.29) is 11.4 Å². The number of Topliss-reactive ketones (excluding diaryl/α,β-unsaturated/α-hetero) is 1. The lowest BCUT2D eigenvalue weighted by Gasteiger charge is -2.18. The van der Waals surface area contributed by atoms with Crippen molar-refractivity contribution in [1.29, 1.82) is 10.5 Å². The van der Waals surface area contributed by atoms with Gasteiger partial charge in [0.25, 0.3) is 0 Å². The van der Waals surface area contributed by atoms with Crippen molar-refractivity contribution in [2.24, 2.45) is 10.4 Å². The Bertz CT molecular complexity index is 853. The predicted octanol–water partition coefficient (Wildman–Crippen LogP) is 0.680. The third-order valence-electron chi connectivity index (χ3n) is 3.54. The Morgan fingerprint density at radius 2 is 1.86 bits per heavy atom. The van der Waals surface area contributed by atoms with Crippen LogP contribution in [0.1, 0.15) is 22.8 Å². The number of nitrogens with zero attached hydrogens (tertiary/aromatic N) is 3. The number of nitrogens with one attached hydrogen (secondary N) is 2. The molecule has 7 nitrogen and oxygen atoms in total. The number of carbonyl (C=O) groups excluding carboxylic acids is 2. The summed E-state index contributed by atoms with van der Waals surface area (Å²) in [5.74, 6) is -0.871. The Labute approximate surface area is 125 Å². The van der Waals surface area contributed by atoms with Gasteiger partial charge in [0, 0.05) is 18.1 Å². The van der Waals surface area contributed by atoms with E-state index < -0.39 is 17.1 Å². The van der Waals surface area contributed by atoms with Crippen molar-refractivity contribution >= 4 is 23.2 Å². The summed E-state index contributed by atoms with van der Waals surface area (Å²) in [5, 5.41) is 19.0. The van der Waals surface area contributed by atoms with E-state index in [0.717, 1.165) is 0 Å². The first kappa shape index (κ1) is 13.5. The molecule has 0 saturated heterocycles. The summed E-state index contributed by atoms with van der Waals surface area (Å²) in [6.07, 6.45) is 0. The molecule has 1 aliphatic carbocycles. The first-order valence-electron chi connectivity index (χ1n) is 6.38. The third-order valence-corrected chi connectivity index (χ3v) is 3.54. The van der Waals surface area contributed by atoms with Gasteiger partial charge in [-0.25, -0.2) is 4.99 Å². The molecule has 0 saturated carbocycles. The fourth-order valence-corrected chi connectivity index (χ4v) is 2.55. The molecule has 1 aliphatic heterocycles. The minimum absolute atomic E-state index is 0.0338. The first-order valence-corrected chi connectivity index (χ1v) is 6.38. The van der Waals surface area contributed by atoms with E-state index in [9.17, 15) is 20.1 Å². The Morgan fingerprint density at radius 1 is 1.23 bits per heavy atom. The van der Waals surface area contributed by atoms with Crippen LogP contribution in [0.2, 0.25) is 0 Å². The molecule has 0 aromatic heterocycles. The Balaban J connectivity index is 2.16. The molecule has 0 atom stereocenters. The van der Waals surface area contributed by atoms with Gasteiger partial charge in [-0.15, -0.1) is 0 Å². The normalized spacial score (nSPS) is 17.0. The van der Waals surface area contributed by atoms with Gasteiger partial charge in [-0.2, -0.15) is 10.5 Å². The Morgan fingerprint density at radius 3 is 2.45 bits per heavy atom. The standard InChI is InChI=1S/C15H9N5O2/c1-8(21)19-20-14-15(6-16,7-17)11-12(18-14)9-4-2-3-5-10(9)13(11)22/h2-5H,1H3,(H,18,20)(H,19,21). The van der Waals surface area contributed by atoms with Crippen LogP contribution in [0.4, 0.5) is 0 Å². The molecule has 22 heavy (non-hydrogen) atoms. The summed E-state index contributed by atoms with van der Waals surface area (Å²) in [6, 6.07) is 10.5. The molecule has 106 valence electrons. The fourth-order valence-electron chi connectivity index (χ4n) is 2.55. The third kappa shape index (κ3) is 1.57. The number of aliphatic imine (C=N–C) groups is 1. The Hall–Kier alpha value is -3.45. The molecule has 1 aromatic rings. The van der Waals surface area contributed by atoms with Crippen molar-refractivity contribution < 1.29 is 9.59 Å². The maximum absolute atomic E-state index is 12.5. The molecular formula is C15H9N5O2. The quantitative estimate of drug-likeness (QED) is 0.681. The summed E-state index contributed by atoms with van der Waals surface area (Å²) in [6.45, 7) is 1.27. The lowest BCUT2D eigenvalue weighted by Crippen LogP contribution is -2.48. The van der Waals surface area contributed by atoms with Crippen LogP contribution in [0.25, 0.3) is 5.70 Å². The second kappa shape index (κ2) is 4.54. The van der Waals surface area contributed by atoms with E-state index in [1.807, 2.05) is 12.1 Å². The van der Waals surface area contributed by atoms with Crippen molar-refractivity contribution in [2.75, 3.05) is 0 Å². The van der Waals surface area contributed by atoms with Crippen molar-refractivity contribution in [2.45, 2.75) is 6.92 Å². The lowest BCUT2D eigenvalue weighted by molar-refractivity contribution is -0.119. The van der Waals surface area contributed by atoms with Gasteiger partial charge in [0.15, 0.2) is 11.6 Å². The summed E-state index contributed by atoms with van der Waals surface area (Å²) in [5.41, 5.74) is 4.23. The Kier molecular flexibility index (Phi) is 2.79. The first-order chi connectivity index (χ1) is 10.5. The van der Waals surface area contributed by atoms with Crippen LogP contribution in [0, 0.1) is 28.1 Å².